The third-order valence-corrected chi connectivity index (χ3v) is 3.03. The third-order valence-electron chi connectivity index (χ3n) is 3.03. The molecule has 0 amide bonds. The Morgan fingerprint density at radius 1 is 1.40 bits per heavy atom. The molecule has 5 heteroatoms. The summed E-state index contributed by atoms with van der Waals surface area (Å²) in [6.45, 7) is 3.92. The first-order valence-electron chi connectivity index (χ1n) is 6.49. The Bertz CT molecular complexity index is 682. The first kappa shape index (κ1) is 13.8. The van der Waals surface area contributed by atoms with Crippen LogP contribution in [0.4, 0.5) is 5.82 Å². The van der Waals surface area contributed by atoms with Crippen LogP contribution in [0.3, 0.4) is 0 Å². The molecule has 20 heavy (non-hydrogen) atoms. The van der Waals surface area contributed by atoms with Crippen molar-refractivity contribution in [1.29, 1.82) is 5.26 Å². The Labute approximate surface area is 117 Å². The Morgan fingerprint density at radius 3 is 2.70 bits per heavy atom. The van der Waals surface area contributed by atoms with Crippen LogP contribution in [0, 0.1) is 11.3 Å². The van der Waals surface area contributed by atoms with E-state index in [0.717, 1.165) is 5.56 Å². The van der Waals surface area contributed by atoms with Gasteiger partial charge in [-0.25, -0.2) is 4.98 Å². The number of nitrogens with zero attached hydrogens (tertiary/aromatic N) is 2. The number of benzene rings is 1. The lowest BCUT2D eigenvalue weighted by Gasteiger charge is -2.15. The normalized spacial score (nSPS) is 11.7. The molecule has 5 nitrogen and oxygen atoms in total. The van der Waals surface area contributed by atoms with Gasteiger partial charge in [0.2, 0.25) is 0 Å². The zero-order chi connectivity index (χ0) is 14.5. The van der Waals surface area contributed by atoms with Crippen molar-refractivity contribution in [1.82, 2.24) is 9.97 Å². The van der Waals surface area contributed by atoms with Crippen LogP contribution >= 0.6 is 0 Å². The molecule has 1 atom stereocenters. The number of rotatable bonds is 4. The van der Waals surface area contributed by atoms with Crippen molar-refractivity contribution in [2.24, 2.45) is 0 Å². The van der Waals surface area contributed by atoms with E-state index >= 15 is 0 Å². The molecule has 0 saturated heterocycles. The summed E-state index contributed by atoms with van der Waals surface area (Å²) in [7, 11) is 0. The molecule has 0 saturated carbocycles. The average Bonchev–Trinajstić information content (AvgIpc) is 2.46. The number of H-pyrrole nitrogens is 1. The van der Waals surface area contributed by atoms with Gasteiger partial charge in [-0.05, 0) is 24.6 Å². The summed E-state index contributed by atoms with van der Waals surface area (Å²) in [5.41, 5.74) is 1.50. The van der Waals surface area contributed by atoms with Gasteiger partial charge in [0.1, 0.15) is 11.6 Å². The predicted octanol–water partition coefficient (Wildman–Crippen LogP) is 2.38. The van der Waals surface area contributed by atoms with Gasteiger partial charge in [0.25, 0.3) is 5.56 Å². The molecule has 1 aromatic carbocycles. The summed E-state index contributed by atoms with van der Waals surface area (Å²) >= 11 is 0. The number of anilines is 1. The molecule has 0 radical (unpaired) electrons. The highest BCUT2D eigenvalue weighted by atomic mass is 16.1. The predicted molar refractivity (Wildman–Crippen MR) is 77.4 cm³/mol. The Kier molecular flexibility index (Phi) is 4.16. The smallest absolute Gasteiger partial charge is 0.252 e. The molecule has 102 valence electrons. The molecule has 2 aromatic rings. The van der Waals surface area contributed by atoms with Crippen LogP contribution in [0.15, 0.2) is 35.1 Å². The number of nitrogens with one attached hydrogen (secondary N) is 2. The Balaban J connectivity index is 2.18. The van der Waals surface area contributed by atoms with Crippen molar-refractivity contribution >= 4 is 5.82 Å². The number of nitriles is 1. The van der Waals surface area contributed by atoms with Crippen molar-refractivity contribution in [3.63, 3.8) is 0 Å². The molecular weight excluding hydrogens is 252 g/mol. The lowest BCUT2D eigenvalue weighted by molar-refractivity contribution is 0.851. The molecule has 0 spiro atoms. The minimum atomic E-state index is -0.161. The van der Waals surface area contributed by atoms with Gasteiger partial charge < -0.3 is 10.3 Å². The Hall–Kier alpha value is -2.61. The first-order valence-corrected chi connectivity index (χ1v) is 6.49. The van der Waals surface area contributed by atoms with Gasteiger partial charge in [-0.2, -0.15) is 5.26 Å². The number of hydrogen-bond donors (Lipinski definition) is 2. The van der Waals surface area contributed by atoms with E-state index in [1.165, 1.54) is 6.07 Å². The summed E-state index contributed by atoms with van der Waals surface area (Å²) in [4.78, 5) is 18.5. The first-order chi connectivity index (χ1) is 9.62. The molecule has 0 bridgehead atoms. The Morgan fingerprint density at radius 2 is 2.10 bits per heavy atom. The summed E-state index contributed by atoms with van der Waals surface area (Å²) in [5.74, 6) is 1.22. The van der Waals surface area contributed by atoms with E-state index in [0.29, 0.717) is 23.6 Å². The van der Waals surface area contributed by atoms with E-state index in [-0.39, 0.29) is 11.6 Å². The van der Waals surface area contributed by atoms with Gasteiger partial charge in [-0.3, -0.25) is 4.79 Å². The van der Waals surface area contributed by atoms with Gasteiger partial charge in [-0.1, -0.05) is 19.1 Å². The number of aromatic amines is 1. The molecule has 1 heterocycles. The highest BCUT2D eigenvalue weighted by Gasteiger charge is 2.07. The van der Waals surface area contributed by atoms with E-state index in [4.69, 9.17) is 5.26 Å². The highest BCUT2D eigenvalue weighted by molar-refractivity contribution is 5.39. The zero-order valence-corrected chi connectivity index (χ0v) is 11.5. The van der Waals surface area contributed by atoms with E-state index in [1.54, 1.807) is 12.1 Å². The minimum absolute atomic E-state index is 0.00162. The fourth-order valence-electron chi connectivity index (χ4n) is 1.90. The van der Waals surface area contributed by atoms with Crippen LogP contribution in [0.2, 0.25) is 0 Å². The largest absolute Gasteiger partial charge is 0.363 e. The van der Waals surface area contributed by atoms with Gasteiger partial charge in [0.05, 0.1) is 11.6 Å². The third kappa shape index (κ3) is 3.23. The van der Waals surface area contributed by atoms with Gasteiger partial charge in [0.15, 0.2) is 0 Å². The standard InChI is InChI=1S/C15H16N4O/c1-3-13-18-14(8-15(20)19-13)17-10(2)12-6-4-11(9-16)5-7-12/h4-8,10H,3H2,1-2H3,(H2,17,18,19,20). The van der Waals surface area contributed by atoms with Crippen LogP contribution in [-0.2, 0) is 6.42 Å². The van der Waals surface area contributed by atoms with Crippen molar-refractivity contribution in [3.8, 4) is 6.07 Å². The second kappa shape index (κ2) is 6.02. The molecule has 0 aliphatic heterocycles. The summed E-state index contributed by atoms with van der Waals surface area (Å²) in [5, 5.41) is 12.0. The monoisotopic (exact) mass is 268 g/mol. The summed E-state index contributed by atoms with van der Waals surface area (Å²) in [6, 6.07) is 10.9. The topological polar surface area (TPSA) is 81.6 Å². The van der Waals surface area contributed by atoms with E-state index in [1.807, 2.05) is 26.0 Å². The summed E-state index contributed by atoms with van der Waals surface area (Å²) in [6.07, 6.45) is 0.677. The van der Waals surface area contributed by atoms with Gasteiger partial charge in [0, 0.05) is 18.5 Å². The molecule has 1 aromatic heterocycles. The highest BCUT2D eigenvalue weighted by Crippen LogP contribution is 2.17. The van der Waals surface area contributed by atoms with Crippen LogP contribution < -0.4 is 10.9 Å². The van der Waals surface area contributed by atoms with Crippen LogP contribution in [0.5, 0.6) is 0 Å². The van der Waals surface area contributed by atoms with E-state index in [9.17, 15) is 4.79 Å². The maximum Gasteiger partial charge on any atom is 0.252 e. The fraction of sp³-hybridized carbons (Fsp3) is 0.267. The van der Waals surface area contributed by atoms with Crippen molar-refractivity contribution in [3.05, 3.63) is 57.6 Å². The SMILES string of the molecule is CCc1nc(NC(C)c2ccc(C#N)cc2)cc(=O)[nH]1. The minimum Gasteiger partial charge on any atom is -0.363 e. The zero-order valence-electron chi connectivity index (χ0n) is 11.5. The maximum absolute atomic E-state index is 11.5. The van der Waals surface area contributed by atoms with E-state index < -0.39 is 0 Å². The number of aryl methyl sites for hydroxylation is 1. The molecule has 0 aliphatic carbocycles. The fourth-order valence-corrected chi connectivity index (χ4v) is 1.90. The molecule has 1 unspecified atom stereocenters. The van der Waals surface area contributed by atoms with E-state index in [2.05, 4.69) is 21.4 Å². The van der Waals surface area contributed by atoms with Crippen molar-refractivity contribution in [2.75, 3.05) is 5.32 Å². The summed E-state index contributed by atoms with van der Waals surface area (Å²) < 4.78 is 0. The molecular formula is C15H16N4O. The molecule has 0 fully saturated rings. The second-order valence-electron chi connectivity index (χ2n) is 4.53. The van der Waals surface area contributed by atoms with Crippen LogP contribution in [0.1, 0.15) is 36.8 Å². The quantitative estimate of drug-likeness (QED) is 0.892. The number of hydrogen-bond acceptors (Lipinski definition) is 4. The van der Waals surface area contributed by atoms with Crippen molar-refractivity contribution in [2.45, 2.75) is 26.3 Å². The molecule has 2 rings (SSSR count). The van der Waals surface area contributed by atoms with Gasteiger partial charge >= 0.3 is 0 Å². The van der Waals surface area contributed by atoms with Crippen LogP contribution in [-0.4, -0.2) is 9.97 Å². The lowest BCUT2D eigenvalue weighted by atomic mass is 10.1. The van der Waals surface area contributed by atoms with Crippen LogP contribution in [0.25, 0.3) is 0 Å². The van der Waals surface area contributed by atoms with Crippen molar-refractivity contribution < 1.29 is 0 Å². The number of aromatic nitrogens is 2. The maximum atomic E-state index is 11.5. The average molecular weight is 268 g/mol. The lowest BCUT2D eigenvalue weighted by Crippen LogP contribution is -2.15. The second-order valence-corrected chi connectivity index (χ2v) is 4.53. The van der Waals surface area contributed by atoms with Gasteiger partial charge in [-0.15, -0.1) is 0 Å². The molecule has 2 N–H and O–H groups in total. The molecule has 0 aliphatic rings.